The average molecular weight is 272 g/mol. The Morgan fingerprint density at radius 2 is 1.94 bits per heavy atom. The van der Waals surface area contributed by atoms with Gasteiger partial charge in [0.05, 0.1) is 0 Å². The molecule has 0 bridgehead atoms. The van der Waals surface area contributed by atoms with Crippen molar-refractivity contribution in [2.75, 3.05) is 13.1 Å². The van der Waals surface area contributed by atoms with Crippen molar-refractivity contribution in [3.63, 3.8) is 0 Å². The minimum Gasteiger partial charge on any atom is -0.241 e. The Bertz CT molecular complexity index is 533. The quantitative estimate of drug-likeness (QED) is 0.827. The maximum absolute atomic E-state index is 13.5. The van der Waals surface area contributed by atoms with E-state index in [1.807, 2.05) is 0 Å². The zero-order valence-corrected chi connectivity index (χ0v) is 11.4. The number of hydrogen-bond acceptors (Lipinski definition) is 3. The first kappa shape index (κ1) is 13.4. The largest absolute Gasteiger partial charge is 0.263 e. The fraction of sp³-hybridized carbons (Fsp3) is 0.583. The molecular formula is C12H17FN2O2S. The van der Waals surface area contributed by atoms with Gasteiger partial charge in [-0.1, -0.05) is 13.8 Å². The number of sulfonamides is 1. The highest BCUT2D eigenvalue weighted by Gasteiger charge is 2.34. The monoisotopic (exact) mass is 272 g/mol. The van der Waals surface area contributed by atoms with Gasteiger partial charge in [0.1, 0.15) is 0 Å². The summed E-state index contributed by atoms with van der Waals surface area (Å²) in [6, 6.07) is 2.50. The Hall–Kier alpha value is -1.01. The predicted molar refractivity (Wildman–Crippen MR) is 66.0 cm³/mol. The molecule has 0 radical (unpaired) electrons. The standard InChI is InChI=1S/C12H17FN2O2S/c1-12(2)5-8-15(9-6-12)18(16,17)11-10(13)4-3-7-14-11/h3-4,7H,5-6,8-9H2,1-2H3. The van der Waals surface area contributed by atoms with Crippen LogP contribution < -0.4 is 0 Å². The normalized spacial score (nSPS) is 20.8. The van der Waals surface area contributed by atoms with Crippen LogP contribution in [0.4, 0.5) is 4.39 Å². The first-order chi connectivity index (χ1) is 8.33. The van der Waals surface area contributed by atoms with E-state index in [1.54, 1.807) is 0 Å². The van der Waals surface area contributed by atoms with Gasteiger partial charge in [-0.25, -0.2) is 17.8 Å². The SMILES string of the molecule is CC1(C)CCN(S(=O)(=O)c2ncccc2F)CC1. The van der Waals surface area contributed by atoms with Gasteiger partial charge in [0.15, 0.2) is 5.82 Å². The summed E-state index contributed by atoms with van der Waals surface area (Å²) in [5.74, 6) is -0.790. The van der Waals surface area contributed by atoms with Gasteiger partial charge in [-0.15, -0.1) is 0 Å². The van der Waals surface area contributed by atoms with Crippen molar-refractivity contribution in [3.8, 4) is 0 Å². The summed E-state index contributed by atoms with van der Waals surface area (Å²) in [6.45, 7) is 5.06. The fourth-order valence-electron chi connectivity index (χ4n) is 2.02. The molecule has 1 aliphatic rings. The molecule has 0 N–H and O–H groups in total. The smallest absolute Gasteiger partial charge is 0.241 e. The van der Waals surface area contributed by atoms with E-state index in [-0.39, 0.29) is 5.41 Å². The minimum absolute atomic E-state index is 0.148. The molecular weight excluding hydrogens is 255 g/mol. The van der Waals surface area contributed by atoms with Gasteiger partial charge in [-0.3, -0.25) is 0 Å². The third-order valence-electron chi connectivity index (χ3n) is 3.38. The van der Waals surface area contributed by atoms with Gasteiger partial charge in [0.25, 0.3) is 10.0 Å². The first-order valence-corrected chi connectivity index (χ1v) is 7.38. The predicted octanol–water partition coefficient (Wildman–Crippen LogP) is 2.03. The summed E-state index contributed by atoms with van der Waals surface area (Å²) in [6.07, 6.45) is 2.85. The van der Waals surface area contributed by atoms with E-state index in [0.717, 1.165) is 18.9 Å². The van der Waals surface area contributed by atoms with E-state index >= 15 is 0 Å². The molecule has 1 aliphatic heterocycles. The number of pyridine rings is 1. The van der Waals surface area contributed by atoms with E-state index in [0.29, 0.717) is 13.1 Å². The second kappa shape index (κ2) is 4.59. The Morgan fingerprint density at radius 1 is 1.33 bits per heavy atom. The molecule has 1 fully saturated rings. The minimum atomic E-state index is -3.80. The zero-order chi connectivity index (χ0) is 13.4. The van der Waals surface area contributed by atoms with Crippen molar-refractivity contribution in [1.29, 1.82) is 0 Å². The summed E-state index contributed by atoms with van der Waals surface area (Å²) in [5.41, 5.74) is 0.148. The molecule has 4 nitrogen and oxygen atoms in total. The topological polar surface area (TPSA) is 50.3 Å². The second-order valence-electron chi connectivity index (χ2n) is 5.36. The molecule has 0 aromatic carbocycles. The summed E-state index contributed by atoms with van der Waals surface area (Å²) < 4.78 is 39.3. The van der Waals surface area contributed by atoms with Crippen LogP contribution in [0, 0.1) is 11.2 Å². The van der Waals surface area contributed by atoms with Gasteiger partial charge < -0.3 is 0 Å². The lowest BCUT2D eigenvalue weighted by molar-refractivity contribution is 0.195. The van der Waals surface area contributed by atoms with Gasteiger partial charge in [0, 0.05) is 19.3 Å². The third kappa shape index (κ3) is 2.54. The van der Waals surface area contributed by atoms with Gasteiger partial charge in [0.2, 0.25) is 5.03 Å². The highest BCUT2D eigenvalue weighted by Crippen LogP contribution is 2.32. The van der Waals surface area contributed by atoms with Crippen molar-refractivity contribution >= 4 is 10.0 Å². The van der Waals surface area contributed by atoms with Gasteiger partial charge in [-0.2, -0.15) is 4.31 Å². The molecule has 18 heavy (non-hydrogen) atoms. The number of aromatic nitrogens is 1. The fourth-order valence-corrected chi connectivity index (χ4v) is 3.43. The third-order valence-corrected chi connectivity index (χ3v) is 5.22. The van der Waals surface area contributed by atoms with Crippen LogP contribution in [0.3, 0.4) is 0 Å². The number of piperidine rings is 1. The van der Waals surface area contributed by atoms with Crippen LogP contribution in [0.25, 0.3) is 0 Å². The summed E-state index contributed by atoms with van der Waals surface area (Å²) >= 11 is 0. The molecule has 1 aromatic heterocycles. The summed E-state index contributed by atoms with van der Waals surface area (Å²) in [4.78, 5) is 3.66. The molecule has 0 saturated carbocycles. The van der Waals surface area contributed by atoms with Gasteiger partial charge in [-0.05, 0) is 30.4 Å². The van der Waals surface area contributed by atoms with Crippen LogP contribution in [0.2, 0.25) is 0 Å². The molecule has 2 heterocycles. The Morgan fingerprint density at radius 3 is 2.50 bits per heavy atom. The van der Waals surface area contributed by atoms with Crippen molar-refractivity contribution in [1.82, 2.24) is 9.29 Å². The van der Waals surface area contributed by atoms with Crippen molar-refractivity contribution in [2.45, 2.75) is 31.7 Å². The molecule has 0 amide bonds. The van der Waals surface area contributed by atoms with E-state index < -0.39 is 20.9 Å². The van der Waals surface area contributed by atoms with Crippen LogP contribution in [0.5, 0.6) is 0 Å². The Labute approximate surface area is 107 Å². The lowest BCUT2D eigenvalue weighted by Crippen LogP contribution is -2.41. The number of halogens is 1. The van der Waals surface area contributed by atoms with Crippen LogP contribution in [0.15, 0.2) is 23.4 Å². The molecule has 0 unspecified atom stereocenters. The van der Waals surface area contributed by atoms with E-state index in [1.165, 1.54) is 16.6 Å². The highest BCUT2D eigenvalue weighted by atomic mass is 32.2. The van der Waals surface area contributed by atoms with E-state index in [9.17, 15) is 12.8 Å². The average Bonchev–Trinajstić information content (AvgIpc) is 2.28. The molecule has 0 aliphatic carbocycles. The lowest BCUT2D eigenvalue weighted by Gasteiger charge is -2.35. The maximum Gasteiger partial charge on any atom is 0.263 e. The maximum atomic E-state index is 13.5. The molecule has 1 saturated heterocycles. The molecule has 1 aromatic rings. The first-order valence-electron chi connectivity index (χ1n) is 5.94. The Kier molecular flexibility index (Phi) is 3.42. The second-order valence-corrected chi connectivity index (χ2v) is 7.21. The van der Waals surface area contributed by atoms with Crippen LogP contribution in [0.1, 0.15) is 26.7 Å². The van der Waals surface area contributed by atoms with E-state index in [2.05, 4.69) is 18.8 Å². The summed E-state index contributed by atoms with van der Waals surface area (Å²) in [5, 5.41) is -0.468. The number of rotatable bonds is 2. The Balaban J connectivity index is 2.26. The number of hydrogen-bond donors (Lipinski definition) is 0. The highest BCUT2D eigenvalue weighted by molar-refractivity contribution is 7.89. The molecule has 0 atom stereocenters. The van der Waals surface area contributed by atoms with Crippen LogP contribution >= 0.6 is 0 Å². The van der Waals surface area contributed by atoms with Crippen LogP contribution in [-0.2, 0) is 10.0 Å². The van der Waals surface area contributed by atoms with E-state index in [4.69, 9.17) is 0 Å². The summed E-state index contributed by atoms with van der Waals surface area (Å²) in [7, 11) is -3.80. The zero-order valence-electron chi connectivity index (χ0n) is 10.6. The lowest BCUT2D eigenvalue weighted by atomic mass is 9.83. The van der Waals surface area contributed by atoms with Crippen molar-refractivity contribution in [3.05, 3.63) is 24.1 Å². The molecule has 2 rings (SSSR count). The molecule has 0 spiro atoms. The van der Waals surface area contributed by atoms with Gasteiger partial charge >= 0.3 is 0 Å². The molecule has 6 heteroatoms. The number of nitrogens with zero attached hydrogens (tertiary/aromatic N) is 2. The van der Waals surface area contributed by atoms with Crippen molar-refractivity contribution < 1.29 is 12.8 Å². The van der Waals surface area contributed by atoms with Crippen molar-refractivity contribution in [2.24, 2.45) is 5.41 Å². The molecule has 100 valence electrons. The van der Waals surface area contributed by atoms with Crippen LogP contribution in [-0.4, -0.2) is 30.8 Å².